The Balaban J connectivity index is 2.23. The first-order valence-corrected chi connectivity index (χ1v) is 6.38. The highest BCUT2D eigenvalue weighted by Gasteiger charge is 2.25. The zero-order valence-corrected chi connectivity index (χ0v) is 10.9. The molecule has 2 unspecified atom stereocenters. The summed E-state index contributed by atoms with van der Waals surface area (Å²) in [6.07, 6.45) is 5.08. The van der Waals surface area contributed by atoms with Gasteiger partial charge in [0.1, 0.15) is 11.6 Å². The van der Waals surface area contributed by atoms with Gasteiger partial charge in [0.15, 0.2) is 0 Å². The van der Waals surface area contributed by atoms with Gasteiger partial charge in [-0.3, -0.25) is 4.79 Å². The lowest BCUT2D eigenvalue weighted by Crippen LogP contribution is -2.40. The molecule has 94 valence electrons. The molecular formula is C13H21N3O. The molecule has 1 aromatic heterocycles. The van der Waals surface area contributed by atoms with Gasteiger partial charge in [0.25, 0.3) is 5.56 Å². The lowest BCUT2D eigenvalue weighted by atomic mass is 9.85. The Kier molecular flexibility index (Phi) is 3.50. The normalized spacial score (nSPS) is 24.6. The van der Waals surface area contributed by atoms with E-state index >= 15 is 0 Å². The first-order valence-electron chi connectivity index (χ1n) is 6.38. The first kappa shape index (κ1) is 12.1. The minimum atomic E-state index is -0.0668. The topological polar surface area (TPSA) is 49.0 Å². The highest BCUT2D eigenvalue weighted by atomic mass is 16.1. The number of aryl methyl sites for hydroxylation is 1. The predicted octanol–water partition coefficient (Wildman–Crippen LogP) is 2.09. The average Bonchev–Trinajstić information content (AvgIpc) is 2.27. The highest BCUT2D eigenvalue weighted by Crippen LogP contribution is 2.29. The zero-order valence-electron chi connectivity index (χ0n) is 10.9. The maximum Gasteiger partial charge on any atom is 0.252 e. The minimum absolute atomic E-state index is 0.0668. The number of H-pyrrole nitrogens is 1. The van der Waals surface area contributed by atoms with Crippen LogP contribution in [0.3, 0.4) is 0 Å². The lowest BCUT2D eigenvalue weighted by Gasteiger charge is -2.36. The summed E-state index contributed by atoms with van der Waals surface area (Å²) in [7, 11) is 2.05. The van der Waals surface area contributed by atoms with Crippen molar-refractivity contribution in [2.75, 3.05) is 11.9 Å². The third-order valence-electron chi connectivity index (χ3n) is 3.77. The Bertz CT molecular complexity index is 441. The number of nitrogens with one attached hydrogen (secondary N) is 1. The number of hydrogen-bond acceptors (Lipinski definition) is 3. The van der Waals surface area contributed by atoms with E-state index in [1.807, 2.05) is 14.0 Å². The minimum Gasteiger partial charge on any atom is -0.356 e. The predicted molar refractivity (Wildman–Crippen MR) is 69.4 cm³/mol. The number of aromatic nitrogens is 2. The average molecular weight is 235 g/mol. The van der Waals surface area contributed by atoms with Gasteiger partial charge in [0.05, 0.1) is 0 Å². The van der Waals surface area contributed by atoms with Crippen molar-refractivity contribution in [3.63, 3.8) is 0 Å². The molecular weight excluding hydrogens is 214 g/mol. The van der Waals surface area contributed by atoms with Crippen LogP contribution in [0.25, 0.3) is 0 Å². The summed E-state index contributed by atoms with van der Waals surface area (Å²) in [5.74, 6) is 2.16. The molecule has 4 heteroatoms. The molecule has 0 aromatic carbocycles. The molecule has 0 aliphatic heterocycles. The summed E-state index contributed by atoms with van der Waals surface area (Å²) >= 11 is 0. The molecule has 17 heavy (non-hydrogen) atoms. The van der Waals surface area contributed by atoms with E-state index in [1.165, 1.54) is 25.7 Å². The molecule has 1 heterocycles. The summed E-state index contributed by atoms with van der Waals surface area (Å²) < 4.78 is 0. The smallest absolute Gasteiger partial charge is 0.252 e. The van der Waals surface area contributed by atoms with Gasteiger partial charge in [-0.05, 0) is 25.7 Å². The molecule has 1 saturated carbocycles. The maximum absolute atomic E-state index is 11.5. The molecule has 0 saturated heterocycles. The van der Waals surface area contributed by atoms with Crippen molar-refractivity contribution in [1.82, 2.24) is 9.97 Å². The number of hydrogen-bond donors (Lipinski definition) is 1. The highest BCUT2D eigenvalue weighted by molar-refractivity contribution is 5.38. The number of anilines is 1. The van der Waals surface area contributed by atoms with Crippen molar-refractivity contribution < 1.29 is 0 Å². The Morgan fingerprint density at radius 3 is 2.76 bits per heavy atom. The van der Waals surface area contributed by atoms with Crippen LogP contribution in [0.4, 0.5) is 5.82 Å². The molecule has 0 bridgehead atoms. The van der Waals surface area contributed by atoms with Gasteiger partial charge >= 0.3 is 0 Å². The summed E-state index contributed by atoms with van der Waals surface area (Å²) in [5.41, 5.74) is -0.0668. The molecule has 0 radical (unpaired) electrons. The fourth-order valence-electron chi connectivity index (χ4n) is 2.79. The summed E-state index contributed by atoms with van der Waals surface area (Å²) in [6.45, 7) is 4.11. The Hall–Kier alpha value is -1.32. The Morgan fingerprint density at radius 2 is 2.12 bits per heavy atom. The van der Waals surface area contributed by atoms with E-state index in [0.29, 0.717) is 17.8 Å². The largest absolute Gasteiger partial charge is 0.356 e. The summed E-state index contributed by atoms with van der Waals surface area (Å²) in [6, 6.07) is 2.10. The van der Waals surface area contributed by atoms with Crippen molar-refractivity contribution in [3.05, 3.63) is 22.2 Å². The van der Waals surface area contributed by atoms with Crippen molar-refractivity contribution in [2.45, 2.75) is 45.6 Å². The van der Waals surface area contributed by atoms with Gasteiger partial charge in [-0.2, -0.15) is 0 Å². The Labute approximate surface area is 102 Å². The molecule has 0 spiro atoms. The second-order valence-electron chi connectivity index (χ2n) is 5.13. The molecule has 0 amide bonds. The van der Waals surface area contributed by atoms with Crippen LogP contribution in [0.15, 0.2) is 10.9 Å². The molecule has 1 aliphatic rings. The number of nitrogens with zero attached hydrogens (tertiary/aromatic N) is 2. The van der Waals surface area contributed by atoms with E-state index in [1.54, 1.807) is 6.07 Å². The van der Waals surface area contributed by atoms with Crippen LogP contribution < -0.4 is 10.5 Å². The van der Waals surface area contributed by atoms with E-state index in [2.05, 4.69) is 21.8 Å². The molecule has 2 atom stereocenters. The van der Waals surface area contributed by atoms with Crippen LogP contribution in [-0.2, 0) is 0 Å². The van der Waals surface area contributed by atoms with Crippen molar-refractivity contribution in [1.29, 1.82) is 0 Å². The molecule has 2 rings (SSSR count). The van der Waals surface area contributed by atoms with Gasteiger partial charge in [-0.15, -0.1) is 0 Å². The van der Waals surface area contributed by atoms with Gasteiger partial charge in [0, 0.05) is 19.2 Å². The van der Waals surface area contributed by atoms with Crippen molar-refractivity contribution >= 4 is 5.82 Å². The second kappa shape index (κ2) is 4.90. The van der Waals surface area contributed by atoms with Gasteiger partial charge in [0.2, 0.25) is 0 Å². The molecule has 1 N–H and O–H groups in total. The van der Waals surface area contributed by atoms with Gasteiger partial charge in [-0.1, -0.05) is 19.8 Å². The summed E-state index contributed by atoms with van der Waals surface area (Å²) in [4.78, 5) is 20.7. The van der Waals surface area contributed by atoms with E-state index in [-0.39, 0.29) is 5.56 Å². The number of aromatic amines is 1. The second-order valence-corrected chi connectivity index (χ2v) is 5.13. The zero-order chi connectivity index (χ0) is 12.4. The van der Waals surface area contributed by atoms with E-state index in [0.717, 1.165) is 5.82 Å². The number of rotatable bonds is 2. The van der Waals surface area contributed by atoms with E-state index < -0.39 is 0 Å². The van der Waals surface area contributed by atoms with Crippen molar-refractivity contribution in [3.8, 4) is 0 Å². The van der Waals surface area contributed by atoms with Crippen LogP contribution in [0, 0.1) is 12.8 Å². The Morgan fingerprint density at radius 1 is 1.41 bits per heavy atom. The monoisotopic (exact) mass is 235 g/mol. The van der Waals surface area contributed by atoms with E-state index in [9.17, 15) is 4.79 Å². The van der Waals surface area contributed by atoms with Crippen LogP contribution in [0.1, 0.15) is 38.4 Å². The van der Waals surface area contributed by atoms with Crippen LogP contribution in [-0.4, -0.2) is 23.1 Å². The fraction of sp³-hybridized carbons (Fsp3) is 0.692. The van der Waals surface area contributed by atoms with Crippen LogP contribution >= 0.6 is 0 Å². The fourth-order valence-corrected chi connectivity index (χ4v) is 2.79. The molecule has 1 fully saturated rings. The van der Waals surface area contributed by atoms with Crippen molar-refractivity contribution in [2.24, 2.45) is 5.92 Å². The molecule has 4 nitrogen and oxygen atoms in total. The van der Waals surface area contributed by atoms with E-state index in [4.69, 9.17) is 0 Å². The molecule has 1 aromatic rings. The third-order valence-corrected chi connectivity index (χ3v) is 3.77. The molecule has 1 aliphatic carbocycles. The quantitative estimate of drug-likeness (QED) is 0.854. The van der Waals surface area contributed by atoms with Crippen LogP contribution in [0.5, 0.6) is 0 Å². The first-order chi connectivity index (χ1) is 8.08. The maximum atomic E-state index is 11.5. The lowest BCUT2D eigenvalue weighted by molar-refractivity contribution is 0.320. The van der Waals surface area contributed by atoms with Crippen LogP contribution in [0.2, 0.25) is 0 Å². The van der Waals surface area contributed by atoms with Gasteiger partial charge < -0.3 is 9.88 Å². The summed E-state index contributed by atoms with van der Waals surface area (Å²) in [5, 5.41) is 0. The van der Waals surface area contributed by atoms with Gasteiger partial charge in [-0.25, -0.2) is 4.98 Å². The standard InChI is InChI=1S/C13H21N3O/c1-9-6-4-5-7-11(9)16(3)12-8-13(17)15-10(2)14-12/h8-9,11H,4-7H2,1-3H3,(H,14,15,17). The SMILES string of the molecule is Cc1nc(N(C)C2CCCCC2C)cc(=O)[nH]1. The third kappa shape index (κ3) is 2.68.